The zero-order chi connectivity index (χ0) is 20.4. The van der Waals surface area contributed by atoms with E-state index in [0.717, 1.165) is 24.3 Å². The molecular weight excluding hydrogens is 579 g/mol. The van der Waals surface area contributed by atoms with Crippen LogP contribution in [0.3, 0.4) is 0 Å². The average molecular weight is 589 g/mol. The Bertz CT molecular complexity index is 1110. The predicted molar refractivity (Wildman–Crippen MR) is 96.9 cm³/mol. The van der Waals surface area contributed by atoms with Crippen LogP contribution in [0.25, 0.3) is 22.5 Å². The van der Waals surface area contributed by atoms with E-state index in [-0.39, 0.29) is 55.3 Å². The van der Waals surface area contributed by atoms with Gasteiger partial charge in [0.15, 0.2) is 0 Å². The van der Waals surface area contributed by atoms with Gasteiger partial charge in [0.1, 0.15) is 0 Å². The molecule has 0 N–H and O–H groups in total. The minimum absolute atomic E-state index is 0. The molecule has 0 unspecified atom stereocenters. The summed E-state index contributed by atoms with van der Waals surface area (Å²) in [5.74, 6) is -2.93. The summed E-state index contributed by atoms with van der Waals surface area (Å²) in [5.41, 5.74) is 0.353. The maximum Gasteiger partial charge on any atom is 2.00 e. The Morgan fingerprint density at radius 2 is 1.10 bits per heavy atom. The third-order valence-corrected chi connectivity index (χ3v) is 3.88. The Kier molecular flexibility index (Phi) is 6.62. The standard InChI is InChI=1S/C22H10F4N2O.Pt/c23-13-7-9-15(17(25)11-13)19-3-1-5-21(27-19)29-22-6-2-4-20(28-22)16-10-8-14(24)12-18(16)26;/h1-8,11-12H;/q-2;+2. The van der Waals surface area contributed by atoms with Crippen molar-refractivity contribution in [3.63, 3.8) is 0 Å². The van der Waals surface area contributed by atoms with Crippen LogP contribution in [0.2, 0.25) is 0 Å². The molecule has 8 heteroatoms. The van der Waals surface area contributed by atoms with Gasteiger partial charge in [-0.05, 0) is 23.5 Å². The molecule has 0 fully saturated rings. The van der Waals surface area contributed by atoms with Crippen molar-refractivity contribution in [2.24, 2.45) is 0 Å². The van der Waals surface area contributed by atoms with Gasteiger partial charge in [0.25, 0.3) is 0 Å². The molecule has 2 aromatic heterocycles. The van der Waals surface area contributed by atoms with Crippen molar-refractivity contribution < 1.29 is 43.4 Å². The SMILES string of the molecule is Fc1c[c-]c(-c2cccc(Oc3cccc(-c4[c-]cc(F)cc4F)n3)n2)c(F)c1.[Pt+2]. The summed E-state index contributed by atoms with van der Waals surface area (Å²) in [6, 6.07) is 17.7. The Morgan fingerprint density at radius 1 is 0.667 bits per heavy atom. The van der Waals surface area contributed by atoms with Crippen LogP contribution in [0, 0.1) is 35.4 Å². The van der Waals surface area contributed by atoms with Crippen LogP contribution >= 0.6 is 0 Å². The normalized spacial score (nSPS) is 10.4. The molecule has 0 radical (unpaired) electrons. The van der Waals surface area contributed by atoms with Crippen molar-refractivity contribution in [2.75, 3.05) is 0 Å². The molecular formula is C22H10F4N2OPt. The fourth-order valence-electron chi connectivity index (χ4n) is 2.61. The first-order valence-electron chi connectivity index (χ1n) is 8.36. The maximum atomic E-state index is 14.0. The first-order valence-corrected chi connectivity index (χ1v) is 8.36. The van der Waals surface area contributed by atoms with Crippen LogP contribution < -0.4 is 4.74 Å². The molecule has 0 aliphatic carbocycles. The first kappa shape index (κ1) is 21.7. The average Bonchev–Trinajstić information content (AvgIpc) is 2.68. The molecule has 0 spiro atoms. The second-order valence-corrected chi connectivity index (χ2v) is 5.91. The largest absolute Gasteiger partial charge is 2.00 e. The molecule has 3 nitrogen and oxygen atoms in total. The van der Waals surface area contributed by atoms with Crippen LogP contribution in [-0.4, -0.2) is 9.97 Å². The maximum absolute atomic E-state index is 14.0. The summed E-state index contributed by atoms with van der Waals surface area (Å²) < 4.78 is 59.7. The van der Waals surface area contributed by atoms with Gasteiger partial charge in [0, 0.05) is 23.3 Å². The second-order valence-electron chi connectivity index (χ2n) is 5.91. The van der Waals surface area contributed by atoms with Gasteiger partial charge in [-0.3, -0.25) is 27.5 Å². The third-order valence-electron chi connectivity index (χ3n) is 3.88. The van der Waals surface area contributed by atoms with Crippen LogP contribution in [0.4, 0.5) is 17.6 Å². The van der Waals surface area contributed by atoms with Crippen molar-refractivity contribution in [1.82, 2.24) is 9.97 Å². The zero-order valence-corrected chi connectivity index (χ0v) is 17.2. The quantitative estimate of drug-likeness (QED) is 0.225. The molecule has 0 amide bonds. The first-order chi connectivity index (χ1) is 14.0. The van der Waals surface area contributed by atoms with E-state index >= 15 is 0 Å². The molecule has 4 rings (SSSR count). The van der Waals surface area contributed by atoms with Gasteiger partial charge in [0.05, 0.1) is 0 Å². The molecule has 0 saturated heterocycles. The van der Waals surface area contributed by atoms with Gasteiger partial charge in [-0.1, -0.05) is 47.5 Å². The summed E-state index contributed by atoms with van der Waals surface area (Å²) >= 11 is 0. The van der Waals surface area contributed by atoms with Gasteiger partial charge >= 0.3 is 21.1 Å². The number of hydrogen-bond donors (Lipinski definition) is 0. The second kappa shape index (κ2) is 9.18. The summed E-state index contributed by atoms with van der Waals surface area (Å²) in [6.07, 6.45) is 0. The van der Waals surface area contributed by atoms with E-state index in [2.05, 4.69) is 22.1 Å². The van der Waals surface area contributed by atoms with Crippen LogP contribution in [0.5, 0.6) is 11.8 Å². The number of nitrogens with zero attached hydrogens (tertiary/aromatic N) is 2. The van der Waals surface area contributed by atoms with Crippen molar-refractivity contribution in [3.05, 3.63) is 96.1 Å². The molecule has 2 aromatic carbocycles. The molecule has 4 aromatic rings. The summed E-state index contributed by atoms with van der Waals surface area (Å²) in [4.78, 5) is 8.35. The molecule has 0 bridgehead atoms. The number of benzene rings is 2. The van der Waals surface area contributed by atoms with Gasteiger partial charge in [-0.15, -0.1) is 24.3 Å². The van der Waals surface area contributed by atoms with E-state index in [4.69, 9.17) is 4.74 Å². The molecule has 0 aliphatic rings. The van der Waals surface area contributed by atoms with Gasteiger partial charge < -0.3 is 4.74 Å². The van der Waals surface area contributed by atoms with E-state index in [1.807, 2.05) is 0 Å². The molecule has 0 atom stereocenters. The van der Waals surface area contributed by atoms with E-state index in [1.165, 1.54) is 24.3 Å². The van der Waals surface area contributed by atoms with Gasteiger partial charge in [-0.25, -0.2) is 0 Å². The minimum Gasteiger partial charge on any atom is -0.422 e. The Labute approximate surface area is 183 Å². The smallest absolute Gasteiger partial charge is 0.422 e. The van der Waals surface area contributed by atoms with Crippen LogP contribution in [0.1, 0.15) is 0 Å². The van der Waals surface area contributed by atoms with Gasteiger partial charge in [-0.2, -0.15) is 0 Å². The number of aromatic nitrogens is 2. The van der Waals surface area contributed by atoms with Crippen molar-refractivity contribution in [2.45, 2.75) is 0 Å². The zero-order valence-electron chi connectivity index (χ0n) is 14.9. The van der Waals surface area contributed by atoms with Crippen LogP contribution in [0.15, 0.2) is 60.7 Å². The van der Waals surface area contributed by atoms with Crippen LogP contribution in [-0.2, 0) is 21.1 Å². The van der Waals surface area contributed by atoms with E-state index in [9.17, 15) is 17.6 Å². The summed E-state index contributed by atoms with van der Waals surface area (Å²) in [6.45, 7) is 0. The van der Waals surface area contributed by atoms with Crippen molar-refractivity contribution in [1.29, 1.82) is 0 Å². The van der Waals surface area contributed by atoms with E-state index in [1.54, 1.807) is 12.1 Å². The Morgan fingerprint density at radius 3 is 1.50 bits per heavy atom. The van der Waals surface area contributed by atoms with E-state index in [0.29, 0.717) is 0 Å². The van der Waals surface area contributed by atoms with Gasteiger partial charge in [0.2, 0.25) is 11.8 Å². The third kappa shape index (κ3) is 4.74. The molecule has 2 heterocycles. The molecule has 0 aliphatic heterocycles. The molecule has 30 heavy (non-hydrogen) atoms. The fourth-order valence-corrected chi connectivity index (χ4v) is 2.61. The monoisotopic (exact) mass is 589 g/mol. The minimum atomic E-state index is -0.808. The Hall–Kier alpha value is -3.05. The number of pyridine rings is 2. The number of halogens is 4. The number of hydrogen-bond acceptors (Lipinski definition) is 3. The summed E-state index contributed by atoms with van der Waals surface area (Å²) in [7, 11) is 0. The van der Waals surface area contributed by atoms with E-state index < -0.39 is 23.3 Å². The fraction of sp³-hybridized carbons (Fsp3) is 0. The van der Waals surface area contributed by atoms with Crippen molar-refractivity contribution in [3.8, 4) is 34.3 Å². The number of ether oxygens (including phenoxy) is 1. The topological polar surface area (TPSA) is 35.0 Å². The molecule has 0 saturated carbocycles. The Balaban J connectivity index is 0.00000256. The van der Waals surface area contributed by atoms with Crippen molar-refractivity contribution >= 4 is 0 Å². The predicted octanol–water partition coefficient (Wildman–Crippen LogP) is 5.76. The molecule has 152 valence electrons. The number of rotatable bonds is 4. The summed E-state index contributed by atoms with van der Waals surface area (Å²) in [5, 5.41) is 0.